The largest absolute Gasteiger partial charge is 0.399 e. The number of nitrogens with two attached hydrogens (primary N) is 1. The van der Waals surface area contributed by atoms with E-state index in [4.69, 9.17) is 5.73 Å². The molecule has 1 aliphatic carbocycles. The monoisotopic (exact) mass is 233 g/mol. The van der Waals surface area contributed by atoms with Crippen LogP contribution in [0.25, 0.3) is 0 Å². The van der Waals surface area contributed by atoms with Crippen molar-refractivity contribution in [1.82, 2.24) is 5.32 Å². The maximum Gasteiger partial charge on any atom is 0.319 e. The third-order valence-electron chi connectivity index (χ3n) is 3.29. The van der Waals surface area contributed by atoms with Gasteiger partial charge in [0.15, 0.2) is 0 Å². The maximum atomic E-state index is 11.8. The predicted octanol–water partition coefficient (Wildman–Crippen LogP) is 2.72. The Hall–Kier alpha value is -1.71. The number of benzene rings is 1. The number of anilines is 2. The van der Waals surface area contributed by atoms with Gasteiger partial charge >= 0.3 is 6.03 Å². The van der Waals surface area contributed by atoms with E-state index in [1.54, 1.807) is 24.3 Å². The molecule has 1 aromatic carbocycles. The lowest BCUT2D eigenvalue weighted by molar-refractivity contribution is 0.239. The van der Waals surface area contributed by atoms with Gasteiger partial charge < -0.3 is 16.4 Å². The minimum Gasteiger partial charge on any atom is -0.399 e. The first-order chi connectivity index (χ1) is 8.07. The number of carbonyl (C=O) groups excluding carboxylic acids is 1. The highest BCUT2D eigenvalue weighted by Crippen LogP contribution is 2.28. The Labute approximate surface area is 102 Å². The Balaban J connectivity index is 1.91. The number of rotatable bonds is 2. The van der Waals surface area contributed by atoms with Gasteiger partial charge in [0.2, 0.25) is 0 Å². The lowest BCUT2D eigenvalue weighted by Gasteiger charge is -2.25. The molecule has 2 amide bonds. The Kier molecular flexibility index (Phi) is 3.22. The van der Waals surface area contributed by atoms with E-state index in [1.807, 2.05) is 0 Å². The van der Waals surface area contributed by atoms with E-state index in [1.165, 1.54) is 12.8 Å². The van der Waals surface area contributed by atoms with Gasteiger partial charge in [-0.1, -0.05) is 12.8 Å². The molecule has 0 unspecified atom stereocenters. The molecular weight excluding hydrogens is 214 g/mol. The van der Waals surface area contributed by atoms with E-state index in [9.17, 15) is 4.79 Å². The van der Waals surface area contributed by atoms with E-state index >= 15 is 0 Å². The molecular formula is C13H19N3O. The number of amides is 2. The molecule has 1 saturated carbocycles. The SMILES string of the molecule is CC1(NC(=O)Nc2ccc(N)cc2)CCCC1. The summed E-state index contributed by atoms with van der Waals surface area (Å²) in [5, 5.41) is 5.85. The molecule has 0 heterocycles. The van der Waals surface area contributed by atoms with Gasteiger partial charge in [-0.2, -0.15) is 0 Å². The molecule has 0 spiro atoms. The van der Waals surface area contributed by atoms with Crippen LogP contribution in [0.3, 0.4) is 0 Å². The molecule has 1 aliphatic rings. The Morgan fingerprint density at radius 2 is 1.82 bits per heavy atom. The highest BCUT2D eigenvalue weighted by Gasteiger charge is 2.29. The van der Waals surface area contributed by atoms with Crippen LogP contribution < -0.4 is 16.4 Å². The van der Waals surface area contributed by atoms with Gasteiger partial charge in [-0.05, 0) is 44.0 Å². The van der Waals surface area contributed by atoms with E-state index in [0.717, 1.165) is 18.5 Å². The van der Waals surface area contributed by atoms with Gasteiger partial charge in [-0.3, -0.25) is 0 Å². The average molecular weight is 233 g/mol. The molecule has 17 heavy (non-hydrogen) atoms. The molecule has 1 fully saturated rings. The summed E-state index contributed by atoms with van der Waals surface area (Å²) in [5.41, 5.74) is 6.99. The summed E-state index contributed by atoms with van der Waals surface area (Å²) < 4.78 is 0. The van der Waals surface area contributed by atoms with Gasteiger partial charge in [0.25, 0.3) is 0 Å². The minimum absolute atomic E-state index is 0.0438. The summed E-state index contributed by atoms with van der Waals surface area (Å²) in [6.07, 6.45) is 4.50. The molecule has 4 N–H and O–H groups in total. The third-order valence-corrected chi connectivity index (χ3v) is 3.29. The van der Waals surface area contributed by atoms with Crippen molar-refractivity contribution in [2.24, 2.45) is 0 Å². The highest BCUT2D eigenvalue weighted by molar-refractivity contribution is 5.89. The fraction of sp³-hybridized carbons (Fsp3) is 0.462. The smallest absolute Gasteiger partial charge is 0.319 e. The lowest BCUT2D eigenvalue weighted by Crippen LogP contribution is -2.45. The Morgan fingerprint density at radius 1 is 1.24 bits per heavy atom. The van der Waals surface area contributed by atoms with Crippen LogP contribution in [0.4, 0.5) is 16.2 Å². The van der Waals surface area contributed by atoms with Crippen LogP contribution in [0.1, 0.15) is 32.6 Å². The minimum atomic E-state index is -0.140. The van der Waals surface area contributed by atoms with Crippen LogP contribution >= 0.6 is 0 Å². The molecule has 0 aliphatic heterocycles. The molecule has 4 heteroatoms. The predicted molar refractivity (Wildman–Crippen MR) is 69.9 cm³/mol. The van der Waals surface area contributed by atoms with Crippen LogP contribution in [0.2, 0.25) is 0 Å². The normalized spacial score (nSPS) is 17.7. The zero-order valence-electron chi connectivity index (χ0n) is 10.1. The summed E-state index contributed by atoms with van der Waals surface area (Å²) in [4.78, 5) is 11.8. The lowest BCUT2D eigenvalue weighted by atomic mass is 10.0. The van der Waals surface area contributed by atoms with Crippen molar-refractivity contribution >= 4 is 17.4 Å². The molecule has 1 aromatic rings. The number of carbonyl (C=O) groups is 1. The number of hydrogen-bond acceptors (Lipinski definition) is 2. The Bertz CT molecular complexity index is 394. The second-order valence-electron chi connectivity index (χ2n) is 4.97. The summed E-state index contributed by atoms with van der Waals surface area (Å²) in [5.74, 6) is 0. The first-order valence-electron chi connectivity index (χ1n) is 6.02. The van der Waals surface area contributed by atoms with Crippen LogP contribution in [0.15, 0.2) is 24.3 Å². The van der Waals surface area contributed by atoms with Gasteiger partial charge in [-0.25, -0.2) is 4.79 Å². The van der Waals surface area contributed by atoms with Gasteiger partial charge in [0.1, 0.15) is 0 Å². The molecule has 0 atom stereocenters. The molecule has 0 saturated heterocycles. The van der Waals surface area contributed by atoms with Gasteiger partial charge in [-0.15, -0.1) is 0 Å². The Morgan fingerprint density at radius 3 is 2.41 bits per heavy atom. The standard InChI is InChI=1S/C13H19N3O/c1-13(8-2-3-9-13)16-12(17)15-11-6-4-10(14)5-7-11/h4-7H,2-3,8-9,14H2,1H3,(H2,15,16,17). The maximum absolute atomic E-state index is 11.8. The number of nitrogens with one attached hydrogen (secondary N) is 2. The summed E-state index contributed by atoms with van der Waals surface area (Å²) in [6.45, 7) is 2.10. The zero-order chi connectivity index (χ0) is 12.3. The van der Waals surface area contributed by atoms with Crippen LogP contribution in [0.5, 0.6) is 0 Å². The second-order valence-corrected chi connectivity index (χ2v) is 4.97. The average Bonchev–Trinajstić information content (AvgIpc) is 2.68. The number of hydrogen-bond donors (Lipinski definition) is 3. The van der Waals surface area contributed by atoms with Crippen molar-refractivity contribution in [2.75, 3.05) is 11.1 Å². The molecule has 2 rings (SSSR count). The van der Waals surface area contributed by atoms with Crippen LogP contribution in [-0.4, -0.2) is 11.6 Å². The summed E-state index contributed by atoms with van der Waals surface area (Å²) >= 11 is 0. The molecule has 0 aromatic heterocycles. The molecule has 0 bridgehead atoms. The molecule has 0 radical (unpaired) electrons. The van der Waals surface area contributed by atoms with Crippen molar-refractivity contribution in [1.29, 1.82) is 0 Å². The van der Waals surface area contributed by atoms with Crippen molar-refractivity contribution in [3.05, 3.63) is 24.3 Å². The molecule has 4 nitrogen and oxygen atoms in total. The zero-order valence-corrected chi connectivity index (χ0v) is 10.1. The van der Waals surface area contributed by atoms with Gasteiger partial charge in [0.05, 0.1) is 0 Å². The van der Waals surface area contributed by atoms with Crippen molar-refractivity contribution in [3.63, 3.8) is 0 Å². The van der Waals surface area contributed by atoms with Crippen molar-refractivity contribution in [2.45, 2.75) is 38.1 Å². The van der Waals surface area contributed by atoms with Crippen LogP contribution in [0, 0.1) is 0 Å². The molecule has 92 valence electrons. The fourth-order valence-corrected chi connectivity index (χ4v) is 2.28. The highest BCUT2D eigenvalue weighted by atomic mass is 16.2. The third kappa shape index (κ3) is 3.12. The second kappa shape index (κ2) is 4.65. The van der Waals surface area contributed by atoms with E-state index in [-0.39, 0.29) is 11.6 Å². The fourth-order valence-electron chi connectivity index (χ4n) is 2.28. The van der Waals surface area contributed by atoms with Gasteiger partial charge in [0, 0.05) is 16.9 Å². The van der Waals surface area contributed by atoms with Crippen molar-refractivity contribution in [3.8, 4) is 0 Å². The first-order valence-corrected chi connectivity index (χ1v) is 6.02. The quantitative estimate of drug-likeness (QED) is 0.687. The topological polar surface area (TPSA) is 67.2 Å². The van der Waals surface area contributed by atoms with E-state index in [2.05, 4.69) is 17.6 Å². The summed E-state index contributed by atoms with van der Waals surface area (Å²) in [7, 11) is 0. The summed E-state index contributed by atoms with van der Waals surface area (Å²) in [6, 6.07) is 7.00. The van der Waals surface area contributed by atoms with Crippen molar-refractivity contribution < 1.29 is 4.79 Å². The van der Waals surface area contributed by atoms with E-state index in [0.29, 0.717) is 5.69 Å². The van der Waals surface area contributed by atoms with Crippen LogP contribution in [-0.2, 0) is 0 Å². The first kappa shape index (κ1) is 11.8. The number of urea groups is 1. The van der Waals surface area contributed by atoms with E-state index < -0.39 is 0 Å². The number of nitrogen functional groups attached to an aromatic ring is 1.